The van der Waals surface area contributed by atoms with Crippen molar-refractivity contribution in [2.75, 3.05) is 12.5 Å². The fourth-order valence-corrected chi connectivity index (χ4v) is 3.93. The SMILES string of the molecule is OCCCCCCCCCCCCCCCCCCCCCCCCCl. The van der Waals surface area contributed by atoms with E-state index in [9.17, 15) is 0 Å². The number of halogens is 1. The second-order valence-corrected chi connectivity index (χ2v) is 8.57. The van der Waals surface area contributed by atoms with E-state index in [-0.39, 0.29) is 0 Å². The quantitative estimate of drug-likeness (QED) is 0.137. The molecule has 1 N–H and O–H groups in total. The van der Waals surface area contributed by atoms with E-state index in [2.05, 4.69) is 0 Å². The lowest BCUT2D eigenvalue weighted by molar-refractivity contribution is 0.282. The molecular formula is C24H49ClO. The van der Waals surface area contributed by atoms with Crippen LogP contribution in [-0.4, -0.2) is 17.6 Å². The van der Waals surface area contributed by atoms with Gasteiger partial charge >= 0.3 is 0 Å². The predicted molar refractivity (Wildman–Crippen MR) is 119 cm³/mol. The van der Waals surface area contributed by atoms with Gasteiger partial charge in [0, 0.05) is 12.5 Å². The highest BCUT2D eigenvalue weighted by Gasteiger charge is 1.95. The molecule has 0 aromatic rings. The Morgan fingerprint density at radius 2 is 0.500 bits per heavy atom. The van der Waals surface area contributed by atoms with Gasteiger partial charge < -0.3 is 5.11 Å². The summed E-state index contributed by atoms with van der Waals surface area (Å²) in [5, 5.41) is 8.73. The number of hydrogen-bond acceptors (Lipinski definition) is 1. The van der Waals surface area contributed by atoms with Gasteiger partial charge in [0.2, 0.25) is 0 Å². The second kappa shape index (κ2) is 25.2. The van der Waals surface area contributed by atoms with Crippen molar-refractivity contribution < 1.29 is 5.11 Å². The Kier molecular flexibility index (Phi) is 25.5. The summed E-state index contributed by atoms with van der Waals surface area (Å²) in [6.07, 6.45) is 30.5. The molecule has 0 heterocycles. The van der Waals surface area contributed by atoms with Gasteiger partial charge in [0.1, 0.15) is 0 Å². The smallest absolute Gasteiger partial charge is 0.0431 e. The largest absolute Gasteiger partial charge is 0.396 e. The molecule has 0 aromatic carbocycles. The van der Waals surface area contributed by atoms with E-state index in [0.717, 1.165) is 12.3 Å². The summed E-state index contributed by atoms with van der Waals surface area (Å²) in [5.41, 5.74) is 0. The van der Waals surface area contributed by atoms with Crippen LogP contribution in [0.1, 0.15) is 141 Å². The average molecular weight is 389 g/mol. The van der Waals surface area contributed by atoms with Crippen LogP contribution in [0, 0.1) is 0 Å². The zero-order valence-corrected chi connectivity index (χ0v) is 18.6. The van der Waals surface area contributed by atoms with E-state index in [1.165, 1.54) is 135 Å². The van der Waals surface area contributed by atoms with Crippen molar-refractivity contribution in [2.45, 2.75) is 141 Å². The third-order valence-corrected chi connectivity index (χ3v) is 5.81. The van der Waals surface area contributed by atoms with Crippen LogP contribution in [0.3, 0.4) is 0 Å². The topological polar surface area (TPSA) is 20.2 Å². The van der Waals surface area contributed by atoms with Crippen LogP contribution < -0.4 is 0 Å². The van der Waals surface area contributed by atoms with Gasteiger partial charge in [-0.15, -0.1) is 11.6 Å². The first-order valence-electron chi connectivity index (χ1n) is 12.1. The van der Waals surface area contributed by atoms with Crippen LogP contribution in [-0.2, 0) is 0 Å². The lowest BCUT2D eigenvalue weighted by atomic mass is 10.0. The molecule has 158 valence electrons. The first-order chi connectivity index (χ1) is 12.9. The van der Waals surface area contributed by atoms with Gasteiger partial charge in [-0.1, -0.05) is 128 Å². The molecule has 0 bridgehead atoms. The maximum atomic E-state index is 8.73. The van der Waals surface area contributed by atoms with Crippen molar-refractivity contribution >= 4 is 11.6 Å². The fourth-order valence-electron chi connectivity index (χ4n) is 3.74. The number of alkyl halides is 1. The van der Waals surface area contributed by atoms with E-state index in [0.29, 0.717) is 6.61 Å². The summed E-state index contributed by atoms with van der Waals surface area (Å²) in [7, 11) is 0. The van der Waals surface area contributed by atoms with Crippen molar-refractivity contribution in [3.8, 4) is 0 Å². The molecule has 0 aromatic heterocycles. The zero-order valence-electron chi connectivity index (χ0n) is 17.8. The normalized spacial score (nSPS) is 11.3. The van der Waals surface area contributed by atoms with Gasteiger partial charge in [-0.2, -0.15) is 0 Å². The van der Waals surface area contributed by atoms with Crippen molar-refractivity contribution in [1.29, 1.82) is 0 Å². The molecule has 0 saturated carbocycles. The average Bonchev–Trinajstić information content (AvgIpc) is 2.66. The highest BCUT2D eigenvalue weighted by molar-refractivity contribution is 6.17. The molecule has 0 unspecified atom stereocenters. The lowest BCUT2D eigenvalue weighted by Gasteiger charge is -2.04. The minimum Gasteiger partial charge on any atom is -0.396 e. The van der Waals surface area contributed by atoms with E-state index in [4.69, 9.17) is 16.7 Å². The summed E-state index contributed by atoms with van der Waals surface area (Å²) in [4.78, 5) is 0. The number of aliphatic hydroxyl groups excluding tert-OH is 1. The van der Waals surface area contributed by atoms with Gasteiger partial charge in [0.25, 0.3) is 0 Å². The Morgan fingerprint density at radius 1 is 0.308 bits per heavy atom. The molecule has 0 rings (SSSR count). The van der Waals surface area contributed by atoms with Crippen LogP contribution in [0.2, 0.25) is 0 Å². The summed E-state index contributed by atoms with van der Waals surface area (Å²) in [5.74, 6) is 0.840. The van der Waals surface area contributed by atoms with Crippen LogP contribution in [0.25, 0.3) is 0 Å². The van der Waals surface area contributed by atoms with Crippen LogP contribution in [0.15, 0.2) is 0 Å². The lowest BCUT2D eigenvalue weighted by Crippen LogP contribution is -1.85. The van der Waals surface area contributed by atoms with E-state index < -0.39 is 0 Å². The number of rotatable bonds is 23. The molecule has 0 aliphatic rings. The molecule has 0 spiro atoms. The van der Waals surface area contributed by atoms with Crippen molar-refractivity contribution in [3.05, 3.63) is 0 Å². The fraction of sp³-hybridized carbons (Fsp3) is 1.00. The first-order valence-corrected chi connectivity index (χ1v) is 12.6. The maximum absolute atomic E-state index is 8.73. The van der Waals surface area contributed by atoms with E-state index in [1.807, 2.05) is 0 Å². The number of unbranched alkanes of at least 4 members (excludes halogenated alkanes) is 21. The van der Waals surface area contributed by atoms with Crippen molar-refractivity contribution in [2.24, 2.45) is 0 Å². The van der Waals surface area contributed by atoms with Crippen LogP contribution >= 0.6 is 11.6 Å². The molecule has 1 nitrogen and oxygen atoms in total. The Balaban J connectivity index is 2.95. The highest BCUT2D eigenvalue weighted by atomic mass is 35.5. The van der Waals surface area contributed by atoms with Crippen LogP contribution in [0.4, 0.5) is 0 Å². The predicted octanol–water partition coefficient (Wildman–Crippen LogP) is 8.80. The zero-order chi connectivity index (χ0) is 19.0. The molecule has 0 radical (unpaired) electrons. The van der Waals surface area contributed by atoms with Crippen molar-refractivity contribution in [3.63, 3.8) is 0 Å². The summed E-state index contributed by atoms with van der Waals surface area (Å²) in [6.45, 7) is 0.371. The molecule has 0 aliphatic heterocycles. The molecule has 2 heteroatoms. The maximum Gasteiger partial charge on any atom is 0.0431 e. The summed E-state index contributed by atoms with van der Waals surface area (Å²) >= 11 is 5.69. The molecule has 0 amide bonds. The Hall–Kier alpha value is 0.250. The van der Waals surface area contributed by atoms with E-state index >= 15 is 0 Å². The minimum atomic E-state index is 0.371. The molecule has 0 atom stereocenters. The second-order valence-electron chi connectivity index (χ2n) is 8.19. The summed E-state index contributed by atoms with van der Waals surface area (Å²) < 4.78 is 0. The molecule has 0 aliphatic carbocycles. The number of hydrogen-bond donors (Lipinski definition) is 1. The standard InChI is InChI=1S/C24H49ClO/c25-23-21-19-17-15-13-11-9-7-5-3-1-2-4-6-8-10-12-14-16-18-20-22-24-26/h26H,1-24H2. The third-order valence-electron chi connectivity index (χ3n) is 5.54. The highest BCUT2D eigenvalue weighted by Crippen LogP contribution is 2.15. The van der Waals surface area contributed by atoms with E-state index in [1.54, 1.807) is 0 Å². The third kappa shape index (κ3) is 24.2. The van der Waals surface area contributed by atoms with Crippen molar-refractivity contribution in [1.82, 2.24) is 0 Å². The Morgan fingerprint density at radius 3 is 0.692 bits per heavy atom. The molecule has 0 fully saturated rings. The van der Waals surface area contributed by atoms with Gasteiger partial charge in [0.05, 0.1) is 0 Å². The van der Waals surface area contributed by atoms with Gasteiger partial charge in [0.15, 0.2) is 0 Å². The summed E-state index contributed by atoms with van der Waals surface area (Å²) in [6, 6.07) is 0. The Labute approximate surface area is 170 Å². The minimum absolute atomic E-state index is 0.371. The van der Waals surface area contributed by atoms with Gasteiger partial charge in [-0.25, -0.2) is 0 Å². The number of aliphatic hydroxyl groups is 1. The Bertz CT molecular complexity index is 208. The molecule has 26 heavy (non-hydrogen) atoms. The first kappa shape index (κ1) is 26.2. The van der Waals surface area contributed by atoms with Gasteiger partial charge in [-0.05, 0) is 12.8 Å². The van der Waals surface area contributed by atoms with Gasteiger partial charge in [-0.3, -0.25) is 0 Å². The monoisotopic (exact) mass is 388 g/mol. The molecular weight excluding hydrogens is 340 g/mol. The molecule has 0 saturated heterocycles. The van der Waals surface area contributed by atoms with Crippen LogP contribution in [0.5, 0.6) is 0 Å².